The van der Waals surface area contributed by atoms with Crippen LogP contribution in [0.25, 0.3) is 11.1 Å². The second-order valence-corrected chi connectivity index (χ2v) is 5.26. The highest BCUT2D eigenvalue weighted by Crippen LogP contribution is 2.37. The minimum absolute atomic E-state index is 0.502. The zero-order valence-corrected chi connectivity index (χ0v) is 11.6. The summed E-state index contributed by atoms with van der Waals surface area (Å²) in [4.78, 5) is 22.6. The lowest BCUT2D eigenvalue weighted by Gasteiger charge is -2.10. The van der Waals surface area contributed by atoms with Crippen molar-refractivity contribution in [3.63, 3.8) is 0 Å². The topological polar surface area (TPSA) is 66.4 Å². The molecule has 0 saturated heterocycles. The molecule has 0 aromatic heterocycles. The molecule has 1 aliphatic carbocycles. The van der Waals surface area contributed by atoms with Gasteiger partial charge in [0.15, 0.2) is 0 Å². The molecule has 0 bridgehead atoms. The first kappa shape index (κ1) is 13.4. The third-order valence-corrected chi connectivity index (χ3v) is 3.82. The van der Waals surface area contributed by atoms with Crippen LogP contribution in [0, 0.1) is 5.92 Å². The quantitative estimate of drug-likeness (QED) is 0.725. The number of carbonyl (C=O) groups excluding carboxylic acids is 1. The summed E-state index contributed by atoms with van der Waals surface area (Å²) in [7, 11) is 0. The summed E-state index contributed by atoms with van der Waals surface area (Å²) in [6, 6.07) is 13.9. The zero-order chi connectivity index (χ0) is 15.0. The first-order valence-electron chi connectivity index (χ1n) is 6.81. The molecule has 3 rings (SSSR count). The molecule has 0 radical (unpaired) electrons. The third kappa shape index (κ3) is 2.40. The maximum Gasteiger partial charge on any atom is 0.315 e. The maximum atomic E-state index is 11.8. The van der Waals surface area contributed by atoms with E-state index in [4.69, 9.17) is 5.11 Å². The van der Waals surface area contributed by atoms with E-state index in [9.17, 15) is 9.59 Å². The van der Waals surface area contributed by atoms with E-state index >= 15 is 0 Å². The third-order valence-electron chi connectivity index (χ3n) is 3.82. The van der Waals surface area contributed by atoms with Gasteiger partial charge in [-0.1, -0.05) is 30.3 Å². The van der Waals surface area contributed by atoms with Crippen LogP contribution in [0.5, 0.6) is 0 Å². The molecule has 0 aliphatic heterocycles. The Hall–Kier alpha value is -2.62. The highest BCUT2D eigenvalue weighted by molar-refractivity contribution is 6.04. The van der Waals surface area contributed by atoms with Gasteiger partial charge in [-0.15, -0.1) is 0 Å². The summed E-state index contributed by atoms with van der Waals surface area (Å²) in [5, 5.41) is 11.5. The van der Waals surface area contributed by atoms with Gasteiger partial charge in [-0.3, -0.25) is 9.59 Å². The van der Waals surface area contributed by atoms with Gasteiger partial charge in [0.2, 0.25) is 5.91 Å². The van der Waals surface area contributed by atoms with E-state index in [1.54, 1.807) is 0 Å². The minimum Gasteiger partial charge on any atom is -0.481 e. The van der Waals surface area contributed by atoms with Crippen LogP contribution in [-0.4, -0.2) is 17.0 Å². The number of rotatable bonds is 3. The zero-order valence-electron chi connectivity index (χ0n) is 11.6. The minimum atomic E-state index is -1.12. The molecule has 0 fully saturated rings. The SMILES string of the molecule is CC(C(=O)O)C(=O)Nc1ccc2c(c1)Cc1ccccc1-2. The standard InChI is InChI=1S/C17H15NO3/c1-10(17(20)21)16(19)18-13-6-7-15-12(9-13)8-11-4-2-3-5-14(11)15/h2-7,9-10H,8H2,1H3,(H,18,19)(H,20,21). The van der Waals surface area contributed by atoms with Gasteiger partial charge in [-0.05, 0) is 47.7 Å². The van der Waals surface area contributed by atoms with Gasteiger partial charge >= 0.3 is 5.97 Å². The molecule has 0 heterocycles. The number of carbonyl (C=O) groups is 2. The fourth-order valence-electron chi connectivity index (χ4n) is 2.59. The smallest absolute Gasteiger partial charge is 0.315 e. The van der Waals surface area contributed by atoms with Crippen molar-refractivity contribution in [3.05, 3.63) is 53.6 Å². The van der Waals surface area contributed by atoms with Crippen molar-refractivity contribution in [1.82, 2.24) is 0 Å². The molecule has 1 aliphatic rings. The van der Waals surface area contributed by atoms with Crippen LogP contribution >= 0.6 is 0 Å². The summed E-state index contributed by atoms with van der Waals surface area (Å²) in [5.41, 5.74) is 5.46. The molecule has 106 valence electrons. The Morgan fingerprint density at radius 2 is 1.81 bits per heavy atom. The molecule has 0 saturated carbocycles. The maximum absolute atomic E-state index is 11.8. The van der Waals surface area contributed by atoms with Gasteiger partial charge in [0.05, 0.1) is 0 Å². The van der Waals surface area contributed by atoms with Crippen molar-refractivity contribution in [2.45, 2.75) is 13.3 Å². The Morgan fingerprint density at radius 1 is 1.10 bits per heavy atom. The highest BCUT2D eigenvalue weighted by Gasteiger charge is 2.22. The fourth-order valence-corrected chi connectivity index (χ4v) is 2.59. The molecule has 0 spiro atoms. The molecule has 4 heteroatoms. The molecule has 21 heavy (non-hydrogen) atoms. The van der Waals surface area contributed by atoms with Crippen molar-refractivity contribution in [1.29, 1.82) is 0 Å². The first-order chi connectivity index (χ1) is 10.1. The molecule has 2 aromatic carbocycles. The van der Waals surface area contributed by atoms with E-state index in [0.717, 1.165) is 12.0 Å². The molecule has 1 unspecified atom stereocenters. The lowest BCUT2D eigenvalue weighted by atomic mass is 10.1. The molecule has 1 atom stereocenters. The van der Waals surface area contributed by atoms with Crippen molar-refractivity contribution in [3.8, 4) is 11.1 Å². The van der Waals surface area contributed by atoms with Crippen molar-refractivity contribution >= 4 is 17.6 Å². The van der Waals surface area contributed by atoms with E-state index in [2.05, 4.69) is 17.4 Å². The number of nitrogens with one attached hydrogen (secondary N) is 1. The molecular weight excluding hydrogens is 266 g/mol. The van der Waals surface area contributed by atoms with E-state index in [1.807, 2.05) is 30.3 Å². The van der Waals surface area contributed by atoms with Crippen LogP contribution in [-0.2, 0) is 16.0 Å². The van der Waals surface area contributed by atoms with Crippen molar-refractivity contribution in [2.24, 2.45) is 5.92 Å². The van der Waals surface area contributed by atoms with Crippen LogP contribution in [0.3, 0.4) is 0 Å². The number of fused-ring (bicyclic) bond motifs is 3. The average molecular weight is 281 g/mol. The number of aliphatic carboxylic acids is 1. The molecule has 1 amide bonds. The van der Waals surface area contributed by atoms with Crippen molar-refractivity contribution < 1.29 is 14.7 Å². The normalized spacial score (nSPS) is 13.2. The molecular formula is C17H15NO3. The summed E-state index contributed by atoms with van der Waals surface area (Å²) >= 11 is 0. The molecule has 2 N–H and O–H groups in total. The van der Waals surface area contributed by atoms with E-state index in [-0.39, 0.29) is 0 Å². The Morgan fingerprint density at radius 3 is 2.57 bits per heavy atom. The summed E-state index contributed by atoms with van der Waals surface area (Å²) in [6.07, 6.45) is 0.837. The van der Waals surface area contributed by atoms with Gasteiger partial charge in [0, 0.05) is 5.69 Å². The van der Waals surface area contributed by atoms with Crippen LogP contribution < -0.4 is 5.32 Å². The molecule has 4 nitrogen and oxygen atoms in total. The Labute approximate surface area is 122 Å². The number of amides is 1. The second kappa shape index (κ2) is 5.05. The lowest BCUT2D eigenvalue weighted by Crippen LogP contribution is -2.26. The molecule has 2 aromatic rings. The second-order valence-electron chi connectivity index (χ2n) is 5.26. The Bertz CT molecular complexity index is 737. The number of hydrogen-bond donors (Lipinski definition) is 2. The van der Waals surface area contributed by atoms with Gasteiger partial charge in [0.25, 0.3) is 0 Å². The van der Waals surface area contributed by atoms with Crippen LogP contribution in [0.2, 0.25) is 0 Å². The first-order valence-corrected chi connectivity index (χ1v) is 6.81. The van der Waals surface area contributed by atoms with E-state index < -0.39 is 17.8 Å². The van der Waals surface area contributed by atoms with E-state index in [0.29, 0.717) is 5.69 Å². The lowest BCUT2D eigenvalue weighted by molar-refractivity contribution is -0.144. The predicted molar refractivity (Wildman–Crippen MR) is 80.1 cm³/mol. The average Bonchev–Trinajstić information content (AvgIpc) is 2.83. The van der Waals surface area contributed by atoms with Gasteiger partial charge in [0.1, 0.15) is 5.92 Å². The van der Waals surface area contributed by atoms with Gasteiger partial charge in [-0.25, -0.2) is 0 Å². The van der Waals surface area contributed by atoms with Crippen LogP contribution in [0.4, 0.5) is 5.69 Å². The largest absolute Gasteiger partial charge is 0.481 e. The number of benzene rings is 2. The van der Waals surface area contributed by atoms with E-state index in [1.165, 1.54) is 23.6 Å². The van der Waals surface area contributed by atoms with Crippen LogP contribution in [0.15, 0.2) is 42.5 Å². The fraction of sp³-hybridized carbons (Fsp3) is 0.176. The monoisotopic (exact) mass is 281 g/mol. The Balaban J connectivity index is 1.84. The summed E-state index contributed by atoms with van der Waals surface area (Å²) in [5.74, 6) is -2.69. The Kier molecular flexibility index (Phi) is 3.22. The number of anilines is 1. The number of hydrogen-bond acceptors (Lipinski definition) is 2. The van der Waals surface area contributed by atoms with Gasteiger partial charge in [-0.2, -0.15) is 0 Å². The number of carboxylic acids is 1. The number of carboxylic acid groups (broad SMARTS) is 1. The summed E-state index contributed by atoms with van der Waals surface area (Å²) < 4.78 is 0. The van der Waals surface area contributed by atoms with Crippen molar-refractivity contribution in [2.75, 3.05) is 5.32 Å². The summed E-state index contributed by atoms with van der Waals surface area (Å²) in [6.45, 7) is 1.38. The van der Waals surface area contributed by atoms with Crippen LogP contribution in [0.1, 0.15) is 18.1 Å². The van der Waals surface area contributed by atoms with Gasteiger partial charge < -0.3 is 10.4 Å². The predicted octanol–water partition coefficient (Wildman–Crippen LogP) is 2.92. The highest BCUT2D eigenvalue weighted by atomic mass is 16.4.